The minimum Gasteiger partial charge on any atom is -0.382 e. The quantitative estimate of drug-likeness (QED) is 0.556. The van der Waals surface area contributed by atoms with Crippen LogP contribution in [-0.2, 0) is 16.5 Å². The second-order valence-electron chi connectivity index (χ2n) is 4.03. The monoisotopic (exact) mass is 256 g/mol. The van der Waals surface area contributed by atoms with Gasteiger partial charge < -0.3 is 4.18 Å². The van der Waals surface area contributed by atoms with E-state index in [0.717, 1.165) is 6.42 Å². The maximum absolute atomic E-state index is 11.2. The van der Waals surface area contributed by atoms with Crippen molar-refractivity contribution in [2.75, 3.05) is 5.75 Å². The van der Waals surface area contributed by atoms with Crippen LogP contribution in [0.15, 0.2) is 24.3 Å². The highest BCUT2D eigenvalue weighted by Gasteiger charge is 2.08. The van der Waals surface area contributed by atoms with Gasteiger partial charge in [-0.25, -0.2) is 0 Å². The zero-order valence-electron chi connectivity index (χ0n) is 10.5. The van der Waals surface area contributed by atoms with E-state index in [1.807, 2.05) is 12.1 Å². The van der Waals surface area contributed by atoms with E-state index in [-0.39, 0.29) is 5.75 Å². The Morgan fingerprint density at radius 2 is 1.71 bits per heavy atom. The molecule has 1 rings (SSSR count). The Labute approximate surface area is 104 Å². The minimum absolute atomic E-state index is 0.00868. The number of hydrogen-bond donors (Lipinski definition) is 0. The van der Waals surface area contributed by atoms with Crippen LogP contribution in [0.2, 0.25) is 0 Å². The average Bonchev–Trinajstić information content (AvgIpc) is 2.31. The first kappa shape index (κ1) is 14.0. The molecule has 0 N–H and O–H groups in total. The first-order valence-electron chi connectivity index (χ1n) is 6.08. The maximum atomic E-state index is 11.2. The molecule has 0 radical (unpaired) electrons. The number of hydrogen-bond acceptors (Lipinski definition) is 3. The smallest absolute Gasteiger partial charge is 0.308 e. The van der Waals surface area contributed by atoms with Gasteiger partial charge in [-0.15, -0.1) is 0 Å². The van der Waals surface area contributed by atoms with Crippen molar-refractivity contribution in [3.8, 4) is 5.75 Å². The molecule has 1 aromatic rings. The van der Waals surface area contributed by atoms with Gasteiger partial charge in [0.15, 0.2) is 0 Å². The van der Waals surface area contributed by atoms with Gasteiger partial charge in [-0.05, 0) is 37.5 Å². The fourth-order valence-corrected chi connectivity index (χ4v) is 2.02. The van der Waals surface area contributed by atoms with Crippen LogP contribution in [0.4, 0.5) is 0 Å². The molecule has 0 aliphatic heterocycles. The Kier molecular flexibility index (Phi) is 5.48. The molecular formula is C13H20O3S. The molecule has 0 aromatic heterocycles. The number of benzene rings is 1. The molecule has 0 heterocycles. The van der Waals surface area contributed by atoms with Crippen molar-refractivity contribution in [2.24, 2.45) is 0 Å². The minimum atomic E-state index is -3.41. The normalized spacial score (nSPS) is 11.4. The second kappa shape index (κ2) is 6.64. The van der Waals surface area contributed by atoms with Crippen LogP contribution in [0, 0.1) is 0 Å². The third-order valence-corrected chi connectivity index (χ3v) is 3.72. The zero-order chi connectivity index (χ0) is 12.7. The maximum Gasteiger partial charge on any atom is 0.308 e. The predicted molar refractivity (Wildman–Crippen MR) is 69.8 cm³/mol. The second-order valence-corrected chi connectivity index (χ2v) is 5.89. The van der Waals surface area contributed by atoms with Crippen LogP contribution in [-0.4, -0.2) is 14.2 Å². The molecule has 96 valence electrons. The lowest BCUT2D eigenvalue weighted by molar-refractivity contribution is 0.487. The molecule has 0 aliphatic carbocycles. The van der Waals surface area contributed by atoms with Crippen LogP contribution in [0.3, 0.4) is 0 Å². The number of aryl methyl sites for hydroxylation is 1. The lowest BCUT2D eigenvalue weighted by Gasteiger charge is -2.06. The first-order valence-corrected chi connectivity index (χ1v) is 7.66. The summed E-state index contributed by atoms with van der Waals surface area (Å²) in [6.07, 6.45) is 4.64. The summed E-state index contributed by atoms with van der Waals surface area (Å²) in [5.41, 5.74) is 1.22. The van der Waals surface area contributed by atoms with Crippen molar-refractivity contribution in [3.63, 3.8) is 0 Å². The largest absolute Gasteiger partial charge is 0.382 e. The summed E-state index contributed by atoms with van der Waals surface area (Å²) in [5.74, 6) is 0.386. The summed E-state index contributed by atoms with van der Waals surface area (Å²) in [5, 5.41) is 0. The molecule has 0 bridgehead atoms. The van der Waals surface area contributed by atoms with Gasteiger partial charge in [-0.1, -0.05) is 31.9 Å². The standard InChI is InChI=1S/C13H20O3S/c1-3-5-6-7-12-8-10-13(11-9-12)16-17(14,15)4-2/h8-11H,3-7H2,1-2H3. The Morgan fingerprint density at radius 1 is 1.06 bits per heavy atom. The van der Waals surface area contributed by atoms with Crippen molar-refractivity contribution in [1.29, 1.82) is 0 Å². The summed E-state index contributed by atoms with van der Waals surface area (Å²) in [4.78, 5) is 0. The van der Waals surface area contributed by atoms with Gasteiger partial charge in [0, 0.05) is 0 Å². The highest BCUT2D eigenvalue weighted by molar-refractivity contribution is 7.87. The fraction of sp³-hybridized carbons (Fsp3) is 0.538. The van der Waals surface area contributed by atoms with Gasteiger partial charge in [0.05, 0.1) is 5.75 Å². The summed E-state index contributed by atoms with van der Waals surface area (Å²) >= 11 is 0. The van der Waals surface area contributed by atoms with E-state index in [0.29, 0.717) is 5.75 Å². The van der Waals surface area contributed by atoms with E-state index >= 15 is 0 Å². The van der Waals surface area contributed by atoms with E-state index in [2.05, 4.69) is 6.92 Å². The van der Waals surface area contributed by atoms with E-state index in [4.69, 9.17) is 4.18 Å². The molecule has 4 heteroatoms. The van der Waals surface area contributed by atoms with E-state index in [1.54, 1.807) is 19.1 Å². The van der Waals surface area contributed by atoms with Crippen LogP contribution in [0.25, 0.3) is 0 Å². The van der Waals surface area contributed by atoms with Crippen LogP contribution in [0.1, 0.15) is 38.7 Å². The molecule has 0 aliphatic rings. The third-order valence-electron chi connectivity index (χ3n) is 2.57. The van der Waals surface area contributed by atoms with Gasteiger partial charge in [-0.3, -0.25) is 0 Å². The van der Waals surface area contributed by atoms with Gasteiger partial charge in [0.2, 0.25) is 0 Å². The van der Waals surface area contributed by atoms with Gasteiger partial charge in [0.1, 0.15) is 5.75 Å². The molecule has 0 amide bonds. The number of rotatable bonds is 7. The molecule has 0 saturated heterocycles. The van der Waals surface area contributed by atoms with Crippen LogP contribution >= 0.6 is 0 Å². The topological polar surface area (TPSA) is 43.4 Å². The van der Waals surface area contributed by atoms with Gasteiger partial charge in [0.25, 0.3) is 0 Å². The molecule has 17 heavy (non-hydrogen) atoms. The average molecular weight is 256 g/mol. The molecule has 1 aromatic carbocycles. The summed E-state index contributed by atoms with van der Waals surface area (Å²) in [6, 6.07) is 7.29. The highest BCUT2D eigenvalue weighted by atomic mass is 32.2. The van der Waals surface area contributed by atoms with E-state index in [9.17, 15) is 8.42 Å². The predicted octanol–water partition coefficient (Wildman–Crippen LogP) is 3.15. The van der Waals surface area contributed by atoms with E-state index in [1.165, 1.54) is 24.8 Å². The SMILES string of the molecule is CCCCCc1ccc(OS(=O)(=O)CC)cc1. The highest BCUT2D eigenvalue weighted by Crippen LogP contribution is 2.16. The van der Waals surface area contributed by atoms with Crippen molar-refractivity contribution >= 4 is 10.1 Å². The lowest BCUT2D eigenvalue weighted by atomic mass is 10.1. The molecular weight excluding hydrogens is 236 g/mol. The molecule has 0 unspecified atom stereocenters. The lowest BCUT2D eigenvalue weighted by Crippen LogP contribution is -2.11. The Bertz CT molecular complexity index is 420. The Hall–Kier alpha value is -1.03. The molecule has 3 nitrogen and oxygen atoms in total. The number of unbranched alkanes of at least 4 members (excludes halogenated alkanes) is 2. The Morgan fingerprint density at radius 3 is 2.24 bits per heavy atom. The first-order chi connectivity index (χ1) is 8.07. The van der Waals surface area contributed by atoms with Gasteiger partial charge in [-0.2, -0.15) is 8.42 Å². The van der Waals surface area contributed by atoms with Crippen molar-refractivity contribution in [3.05, 3.63) is 29.8 Å². The Balaban J connectivity index is 2.56. The third kappa shape index (κ3) is 5.22. The molecule has 0 spiro atoms. The van der Waals surface area contributed by atoms with Crippen LogP contribution in [0.5, 0.6) is 5.75 Å². The summed E-state index contributed by atoms with van der Waals surface area (Å²) in [6.45, 7) is 3.74. The van der Waals surface area contributed by atoms with Crippen LogP contribution < -0.4 is 4.18 Å². The van der Waals surface area contributed by atoms with Gasteiger partial charge >= 0.3 is 10.1 Å². The summed E-state index contributed by atoms with van der Waals surface area (Å²) < 4.78 is 27.4. The van der Waals surface area contributed by atoms with Crippen molar-refractivity contribution < 1.29 is 12.6 Å². The van der Waals surface area contributed by atoms with Crippen molar-refractivity contribution in [2.45, 2.75) is 39.5 Å². The fourth-order valence-electron chi connectivity index (χ4n) is 1.50. The molecule has 0 atom stereocenters. The van der Waals surface area contributed by atoms with Crippen molar-refractivity contribution in [1.82, 2.24) is 0 Å². The molecule has 0 saturated carbocycles. The summed E-state index contributed by atoms with van der Waals surface area (Å²) in [7, 11) is -3.41. The van der Waals surface area contributed by atoms with E-state index < -0.39 is 10.1 Å². The zero-order valence-corrected chi connectivity index (χ0v) is 11.3. The molecule has 0 fully saturated rings.